The number of carbonyl (C=O) groups is 1. The number of nitrogens with one attached hydrogen (secondary N) is 2. The molecule has 2 aromatic rings. The van der Waals surface area contributed by atoms with E-state index in [2.05, 4.69) is 20.7 Å². The number of nitrogens with zero attached hydrogens (tertiary/aromatic N) is 2. The molecule has 1 aromatic carbocycles. The zero-order chi connectivity index (χ0) is 16.9. The SMILES string of the molecule is CCOc1ccc(C(CC)=NNC(=O)c2cc(C3CC3)[nH]n2)cc1. The predicted octanol–water partition coefficient (Wildman–Crippen LogP) is 3.23. The van der Waals surface area contributed by atoms with E-state index in [1.807, 2.05) is 44.2 Å². The van der Waals surface area contributed by atoms with Crippen LogP contribution < -0.4 is 10.2 Å². The molecule has 24 heavy (non-hydrogen) atoms. The maximum absolute atomic E-state index is 12.2. The molecule has 1 fully saturated rings. The summed E-state index contributed by atoms with van der Waals surface area (Å²) in [4.78, 5) is 12.2. The van der Waals surface area contributed by atoms with Gasteiger partial charge in [-0.1, -0.05) is 6.92 Å². The average Bonchev–Trinajstić information content (AvgIpc) is 3.34. The van der Waals surface area contributed by atoms with Crippen molar-refractivity contribution in [2.45, 2.75) is 39.0 Å². The molecule has 0 unspecified atom stereocenters. The van der Waals surface area contributed by atoms with E-state index < -0.39 is 0 Å². The molecular weight excluding hydrogens is 304 g/mol. The van der Waals surface area contributed by atoms with Crippen LogP contribution in [0.5, 0.6) is 5.75 Å². The van der Waals surface area contributed by atoms with E-state index in [4.69, 9.17) is 4.74 Å². The van der Waals surface area contributed by atoms with Crippen LogP contribution in [-0.4, -0.2) is 28.4 Å². The highest BCUT2D eigenvalue weighted by Crippen LogP contribution is 2.38. The summed E-state index contributed by atoms with van der Waals surface area (Å²) in [5.41, 5.74) is 5.78. The van der Waals surface area contributed by atoms with Crippen LogP contribution in [0.2, 0.25) is 0 Å². The Balaban J connectivity index is 1.66. The Kier molecular flexibility index (Phi) is 4.93. The first-order chi connectivity index (χ1) is 11.7. The maximum Gasteiger partial charge on any atom is 0.291 e. The van der Waals surface area contributed by atoms with E-state index in [1.54, 1.807) is 0 Å². The highest BCUT2D eigenvalue weighted by molar-refractivity contribution is 6.01. The maximum atomic E-state index is 12.2. The van der Waals surface area contributed by atoms with E-state index in [0.717, 1.165) is 22.7 Å². The van der Waals surface area contributed by atoms with Crippen LogP contribution in [0, 0.1) is 0 Å². The summed E-state index contributed by atoms with van der Waals surface area (Å²) in [7, 11) is 0. The monoisotopic (exact) mass is 326 g/mol. The fraction of sp³-hybridized carbons (Fsp3) is 0.389. The summed E-state index contributed by atoms with van der Waals surface area (Å²) in [6, 6.07) is 9.51. The quantitative estimate of drug-likeness (QED) is 0.605. The third-order valence-corrected chi connectivity index (χ3v) is 3.97. The Morgan fingerprint density at radius 3 is 2.71 bits per heavy atom. The summed E-state index contributed by atoms with van der Waals surface area (Å²) < 4.78 is 5.44. The van der Waals surface area contributed by atoms with Gasteiger partial charge in [0.15, 0.2) is 5.69 Å². The minimum absolute atomic E-state index is 0.296. The van der Waals surface area contributed by atoms with E-state index >= 15 is 0 Å². The number of carbonyl (C=O) groups excluding carboxylic acids is 1. The first-order valence-electron chi connectivity index (χ1n) is 8.36. The predicted molar refractivity (Wildman–Crippen MR) is 92.5 cm³/mol. The Hall–Kier alpha value is -2.63. The minimum atomic E-state index is -0.296. The van der Waals surface area contributed by atoms with Gasteiger partial charge < -0.3 is 4.74 Å². The van der Waals surface area contributed by atoms with Crippen LogP contribution in [-0.2, 0) is 0 Å². The normalized spacial score (nSPS) is 14.5. The summed E-state index contributed by atoms with van der Waals surface area (Å²) >= 11 is 0. The lowest BCUT2D eigenvalue weighted by Crippen LogP contribution is -2.20. The van der Waals surface area contributed by atoms with Crippen molar-refractivity contribution in [3.05, 3.63) is 47.3 Å². The van der Waals surface area contributed by atoms with Gasteiger partial charge in [-0.3, -0.25) is 9.89 Å². The van der Waals surface area contributed by atoms with Gasteiger partial charge in [0.2, 0.25) is 0 Å². The lowest BCUT2D eigenvalue weighted by atomic mass is 10.1. The Morgan fingerprint density at radius 1 is 1.33 bits per heavy atom. The molecule has 1 aliphatic rings. The minimum Gasteiger partial charge on any atom is -0.494 e. The number of amides is 1. The third kappa shape index (κ3) is 3.82. The van der Waals surface area contributed by atoms with Crippen molar-refractivity contribution in [1.29, 1.82) is 0 Å². The second kappa shape index (κ2) is 7.29. The lowest BCUT2D eigenvalue weighted by Gasteiger charge is -2.07. The molecule has 1 aliphatic carbocycles. The first kappa shape index (κ1) is 16.2. The van der Waals surface area contributed by atoms with Gasteiger partial charge in [-0.15, -0.1) is 0 Å². The molecule has 2 N–H and O–H groups in total. The van der Waals surface area contributed by atoms with Gasteiger partial charge in [-0.25, -0.2) is 5.43 Å². The van der Waals surface area contributed by atoms with Crippen molar-refractivity contribution in [2.24, 2.45) is 5.10 Å². The number of hydrogen-bond donors (Lipinski definition) is 2. The molecule has 0 saturated heterocycles. The van der Waals surface area contributed by atoms with Crippen molar-refractivity contribution in [1.82, 2.24) is 15.6 Å². The van der Waals surface area contributed by atoms with Crippen molar-refractivity contribution >= 4 is 11.6 Å². The van der Waals surface area contributed by atoms with Crippen LogP contribution in [0.4, 0.5) is 0 Å². The van der Waals surface area contributed by atoms with E-state index in [0.29, 0.717) is 24.6 Å². The highest BCUT2D eigenvalue weighted by atomic mass is 16.5. The first-order valence-corrected chi connectivity index (χ1v) is 8.36. The number of hydrazone groups is 1. The summed E-state index contributed by atoms with van der Waals surface area (Å²) in [5, 5.41) is 11.2. The van der Waals surface area contributed by atoms with Crippen molar-refractivity contribution in [2.75, 3.05) is 6.61 Å². The molecule has 6 heteroatoms. The van der Waals surface area contributed by atoms with Gasteiger partial charge in [-0.2, -0.15) is 10.2 Å². The zero-order valence-electron chi connectivity index (χ0n) is 14.0. The van der Waals surface area contributed by atoms with E-state index in [1.165, 1.54) is 12.8 Å². The molecule has 0 bridgehead atoms. The van der Waals surface area contributed by atoms with Crippen LogP contribution in [0.3, 0.4) is 0 Å². The summed E-state index contributed by atoms with van der Waals surface area (Å²) in [6.07, 6.45) is 3.04. The summed E-state index contributed by atoms with van der Waals surface area (Å²) in [6.45, 7) is 4.59. The van der Waals surface area contributed by atoms with Crippen molar-refractivity contribution in [3.63, 3.8) is 0 Å². The Morgan fingerprint density at radius 2 is 2.08 bits per heavy atom. The van der Waals surface area contributed by atoms with Crippen LogP contribution in [0.1, 0.15) is 60.8 Å². The van der Waals surface area contributed by atoms with Crippen molar-refractivity contribution in [3.8, 4) is 5.75 Å². The molecule has 0 radical (unpaired) electrons. The van der Waals surface area contributed by atoms with E-state index in [-0.39, 0.29) is 5.91 Å². The number of hydrogen-bond acceptors (Lipinski definition) is 4. The molecule has 1 saturated carbocycles. The molecule has 1 aromatic heterocycles. The van der Waals surface area contributed by atoms with E-state index in [9.17, 15) is 4.79 Å². The Labute approximate surface area is 141 Å². The molecular formula is C18H22N4O2. The zero-order valence-corrected chi connectivity index (χ0v) is 14.0. The number of ether oxygens (including phenoxy) is 1. The number of aromatic nitrogens is 2. The standard InChI is InChI=1S/C18H22N4O2/c1-3-15(12-7-9-14(10-8-12)24-4-2)19-22-18(23)17-11-16(20-21-17)13-5-6-13/h7-11,13H,3-6H2,1-2H3,(H,20,21)(H,22,23). The largest absolute Gasteiger partial charge is 0.494 e. The van der Waals surface area contributed by atoms with Crippen LogP contribution >= 0.6 is 0 Å². The average molecular weight is 326 g/mol. The van der Waals surface area contributed by atoms with Crippen LogP contribution in [0.15, 0.2) is 35.4 Å². The molecule has 0 spiro atoms. The van der Waals surface area contributed by atoms with Crippen molar-refractivity contribution < 1.29 is 9.53 Å². The number of benzene rings is 1. The third-order valence-electron chi connectivity index (χ3n) is 3.97. The lowest BCUT2D eigenvalue weighted by molar-refractivity contribution is 0.0950. The summed E-state index contributed by atoms with van der Waals surface area (Å²) in [5.74, 6) is 1.07. The number of H-pyrrole nitrogens is 1. The second-order valence-electron chi connectivity index (χ2n) is 5.79. The fourth-order valence-corrected chi connectivity index (χ4v) is 2.49. The van der Waals surface area contributed by atoms with Gasteiger partial charge in [0.05, 0.1) is 12.3 Å². The highest BCUT2D eigenvalue weighted by Gasteiger charge is 2.26. The molecule has 1 heterocycles. The number of rotatable bonds is 7. The molecule has 6 nitrogen and oxygen atoms in total. The smallest absolute Gasteiger partial charge is 0.291 e. The molecule has 1 amide bonds. The van der Waals surface area contributed by atoms with Gasteiger partial charge in [-0.05, 0) is 62.1 Å². The Bertz CT molecular complexity index is 730. The molecule has 126 valence electrons. The van der Waals surface area contributed by atoms with Gasteiger partial charge in [0.25, 0.3) is 5.91 Å². The van der Waals surface area contributed by atoms with Gasteiger partial charge >= 0.3 is 0 Å². The van der Waals surface area contributed by atoms with Gasteiger partial charge in [0, 0.05) is 11.6 Å². The molecule has 3 rings (SSSR count). The molecule has 0 atom stereocenters. The topological polar surface area (TPSA) is 79.4 Å². The van der Waals surface area contributed by atoms with Crippen LogP contribution in [0.25, 0.3) is 0 Å². The number of aromatic amines is 1. The molecule has 0 aliphatic heterocycles. The van der Waals surface area contributed by atoms with Gasteiger partial charge in [0.1, 0.15) is 5.75 Å². The second-order valence-corrected chi connectivity index (χ2v) is 5.79. The fourth-order valence-electron chi connectivity index (χ4n) is 2.49.